The van der Waals surface area contributed by atoms with Crippen LogP contribution in [0.4, 0.5) is 0 Å². The van der Waals surface area contributed by atoms with Crippen LogP contribution in [0.3, 0.4) is 0 Å². The van der Waals surface area contributed by atoms with Crippen molar-refractivity contribution in [2.75, 3.05) is 0 Å². The summed E-state index contributed by atoms with van der Waals surface area (Å²) in [6, 6.07) is 13.9. The highest BCUT2D eigenvalue weighted by Crippen LogP contribution is 2.29. The molecule has 4 aromatic rings. The van der Waals surface area contributed by atoms with E-state index in [1.165, 1.54) is 0 Å². The van der Waals surface area contributed by atoms with Crippen LogP contribution in [0.15, 0.2) is 53.1 Å². The molecule has 25 heavy (non-hydrogen) atoms. The summed E-state index contributed by atoms with van der Waals surface area (Å²) in [4.78, 5) is 8.12. The van der Waals surface area contributed by atoms with Crippen molar-refractivity contribution in [3.63, 3.8) is 0 Å². The summed E-state index contributed by atoms with van der Waals surface area (Å²) < 4.78 is 2.98. The Morgan fingerprint density at radius 1 is 1.08 bits per heavy atom. The largest absolute Gasteiger partial charge is 0.306 e. The van der Waals surface area contributed by atoms with E-state index in [1.807, 2.05) is 60.7 Å². The zero-order chi connectivity index (χ0) is 17.6. The predicted molar refractivity (Wildman–Crippen MR) is 101 cm³/mol. The maximum atomic E-state index is 7.34. The van der Waals surface area contributed by atoms with Gasteiger partial charge in [0.05, 0.1) is 17.2 Å². The van der Waals surface area contributed by atoms with E-state index in [0.717, 1.165) is 32.5 Å². The Morgan fingerprint density at radius 3 is 2.56 bits per heavy atom. The molecule has 122 valence electrons. The summed E-state index contributed by atoms with van der Waals surface area (Å²) in [6.07, 6.45) is 1.73. The van der Waals surface area contributed by atoms with Gasteiger partial charge in [-0.2, -0.15) is 0 Å². The first-order valence-electron chi connectivity index (χ1n) is 7.78. The maximum absolute atomic E-state index is 7.34. The minimum atomic E-state index is -0.535. The molecular formula is C19H14BrN5. The van der Waals surface area contributed by atoms with Gasteiger partial charge < -0.3 is 4.85 Å². The second-order valence-electron chi connectivity index (χ2n) is 6.36. The molecule has 0 atom stereocenters. The Balaban J connectivity index is 1.93. The summed E-state index contributed by atoms with van der Waals surface area (Å²) >= 11 is 3.52. The summed E-state index contributed by atoms with van der Waals surface area (Å²) in [5.74, 6) is 0.757. The Kier molecular flexibility index (Phi) is 3.55. The molecule has 0 fully saturated rings. The predicted octanol–water partition coefficient (Wildman–Crippen LogP) is 4.86. The Labute approximate surface area is 153 Å². The summed E-state index contributed by atoms with van der Waals surface area (Å²) in [5, 5.41) is 8.60. The number of aromatic nitrogens is 4. The van der Waals surface area contributed by atoms with Gasteiger partial charge in [-0.1, -0.05) is 40.2 Å². The van der Waals surface area contributed by atoms with E-state index in [2.05, 4.69) is 36.0 Å². The van der Waals surface area contributed by atoms with Crippen LogP contribution in [0.5, 0.6) is 0 Å². The average molecular weight is 392 g/mol. The first kappa shape index (κ1) is 15.7. The number of rotatable bonds is 2. The van der Waals surface area contributed by atoms with E-state index < -0.39 is 5.54 Å². The van der Waals surface area contributed by atoms with Gasteiger partial charge in [-0.15, -0.1) is 10.2 Å². The molecule has 2 heterocycles. The zero-order valence-corrected chi connectivity index (χ0v) is 15.3. The number of nitrogens with zero attached hydrogens (tertiary/aromatic N) is 5. The lowest BCUT2D eigenvalue weighted by molar-refractivity contribution is 0.664. The monoisotopic (exact) mass is 391 g/mol. The van der Waals surface area contributed by atoms with Gasteiger partial charge in [0.1, 0.15) is 0 Å². The van der Waals surface area contributed by atoms with Gasteiger partial charge in [-0.25, -0.2) is 6.57 Å². The van der Waals surface area contributed by atoms with Gasteiger partial charge >= 0.3 is 0 Å². The highest BCUT2D eigenvalue weighted by atomic mass is 79.9. The maximum Gasteiger partial charge on any atom is 0.252 e. The molecule has 0 aliphatic rings. The van der Waals surface area contributed by atoms with Crippen LogP contribution in [0.25, 0.3) is 32.9 Å². The fourth-order valence-electron chi connectivity index (χ4n) is 2.81. The number of hydrogen-bond donors (Lipinski definition) is 0. The third-order valence-electron chi connectivity index (χ3n) is 4.31. The van der Waals surface area contributed by atoms with Crippen LogP contribution in [0.2, 0.25) is 0 Å². The highest BCUT2D eigenvalue weighted by Gasteiger charge is 2.25. The molecule has 0 saturated carbocycles. The van der Waals surface area contributed by atoms with Crippen molar-refractivity contribution in [3.8, 4) is 11.4 Å². The van der Waals surface area contributed by atoms with E-state index in [9.17, 15) is 0 Å². The number of hydrogen-bond acceptors (Lipinski definition) is 3. The second kappa shape index (κ2) is 5.64. The Hall–Kier alpha value is -2.78. The van der Waals surface area contributed by atoms with Crippen molar-refractivity contribution in [3.05, 3.63) is 70.1 Å². The number of halogens is 1. The van der Waals surface area contributed by atoms with Gasteiger partial charge in [-0.3, -0.25) is 9.38 Å². The van der Waals surface area contributed by atoms with E-state index in [4.69, 9.17) is 6.57 Å². The van der Waals surface area contributed by atoms with Crippen LogP contribution in [-0.4, -0.2) is 19.6 Å². The molecule has 0 aliphatic heterocycles. The van der Waals surface area contributed by atoms with Crippen LogP contribution in [0.1, 0.15) is 19.4 Å². The molecule has 0 spiro atoms. The molecule has 0 unspecified atom stereocenters. The lowest BCUT2D eigenvalue weighted by atomic mass is 9.94. The third-order valence-corrected chi connectivity index (χ3v) is 4.81. The molecule has 5 nitrogen and oxygen atoms in total. The molecule has 0 bridgehead atoms. The van der Waals surface area contributed by atoms with Gasteiger partial charge in [0, 0.05) is 29.4 Å². The first-order valence-corrected chi connectivity index (χ1v) is 8.58. The lowest BCUT2D eigenvalue weighted by Crippen LogP contribution is -2.10. The van der Waals surface area contributed by atoms with Crippen molar-refractivity contribution in [2.45, 2.75) is 19.4 Å². The molecule has 0 N–H and O–H groups in total. The lowest BCUT2D eigenvalue weighted by Gasteiger charge is -2.12. The molecule has 6 heteroatoms. The Bertz CT molecular complexity index is 1140. The average Bonchev–Trinajstić information content (AvgIpc) is 3.06. The molecule has 0 amide bonds. The van der Waals surface area contributed by atoms with Crippen LogP contribution in [-0.2, 0) is 5.54 Å². The number of fused-ring (bicyclic) bond motifs is 3. The molecule has 4 rings (SSSR count). The van der Waals surface area contributed by atoms with E-state index in [0.29, 0.717) is 5.65 Å². The van der Waals surface area contributed by atoms with Crippen LogP contribution >= 0.6 is 15.9 Å². The third kappa shape index (κ3) is 2.57. The van der Waals surface area contributed by atoms with Gasteiger partial charge in [-0.05, 0) is 18.2 Å². The molecule has 0 aliphatic carbocycles. The summed E-state index contributed by atoms with van der Waals surface area (Å²) in [6.45, 7) is 11.2. The normalized spacial score (nSPS) is 11.8. The summed E-state index contributed by atoms with van der Waals surface area (Å²) in [5.41, 5.74) is 3.91. The fourth-order valence-corrected chi connectivity index (χ4v) is 3.16. The molecule has 2 aromatic carbocycles. The quantitative estimate of drug-likeness (QED) is 0.458. The van der Waals surface area contributed by atoms with E-state index in [1.54, 1.807) is 6.20 Å². The first-order chi connectivity index (χ1) is 12.0. The van der Waals surface area contributed by atoms with Crippen LogP contribution < -0.4 is 0 Å². The molecule has 2 aromatic heterocycles. The van der Waals surface area contributed by atoms with Crippen molar-refractivity contribution in [1.29, 1.82) is 0 Å². The molecule has 0 radical (unpaired) electrons. The number of benzene rings is 2. The molecular weight excluding hydrogens is 378 g/mol. The van der Waals surface area contributed by atoms with Gasteiger partial charge in [0.2, 0.25) is 0 Å². The van der Waals surface area contributed by atoms with Crippen molar-refractivity contribution in [1.82, 2.24) is 19.6 Å². The minimum absolute atomic E-state index is 0.535. The summed E-state index contributed by atoms with van der Waals surface area (Å²) in [7, 11) is 0. The van der Waals surface area contributed by atoms with E-state index >= 15 is 0 Å². The fraction of sp³-hybridized carbons (Fsp3) is 0.158. The minimum Gasteiger partial charge on any atom is -0.306 e. The zero-order valence-electron chi connectivity index (χ0n) is 13.7. The van der Waals surface area contributed by atoms with Crippen molar-refractivity contribution >= 4 is 32.6 Å². The SMILES string of the molecule is [C-]#[N+]C(C)(C)c1ccc(-c2nnc3cnc4ccc(Br)cc4n23)cc1. The van der Waals surface area contributed by atoms with E-state index in [-0.39, 0.29) is 0 Å². The Morgan fingerprint density at radius 2 is 1.84 bits per heavy atom. The van der Waals surface area contributed by atoms with Gasteiger partial charge in [0.15, 0.2) is 11.5 Å². The van der Waals surface area contributed by atoms with Crippen molar-refractivity contribution < 1.29 is 0 Å². The molecule has 0 saturated heterocycles. The van der Waals surface area contributed by atoms with Crippen LogP contribution in [0, 0.1) is 6.57 Å². The smallest absolute Gasteiger partial charge is 0.252 e. The van der Waals surface area contributed by atoms with Gasteiger partial charge in [0.25, 0.3) is 5.54 Å². The van der Waals surface area contributed by atoms with Crippen molar-refractivity contribution in [2.24, 2.45) is 0 Å². The highest BCUT2D eigenvalue weighted by molar-refractivity contribution is 9.10. The standard InChI is InChI=1S/C19H14BrN5/c1-19(2,21-3)13-6-4-12(5-7-13)18-24-23-17-11-22-15-9-8-14(20)10-16(15)25(17)18/h4-11H,1-2H3. The topological polar surface area (TPSA) is 47.4 Å². The second-order valence-corrected chi connectivity index (χ2v) is 7.27.